The molecular formula is C32H36FNO7. The van der Waals surface area contributed by atoms with Crippen LogP contribution >= 0.6 is 0 Å². The second kappa shape index (κ2) is 10.9. The molecule has 2 aromatic rings. The Morgan fingerprint density at radius 1 is 1.05 bits per heavy atom. The molecule has 0 radical (unpaired) electrons. The minimum absolute atomic E-state index is 0.0254. The summed E-state index contributed by atoms with van der Waals surface area (Å²) in [6.45, 7) is 5.99. The van der Waals surface area contributed by atoms with Gasteiger partial charge in [-0.05, 0) is 80.5 Å². The van der Waals surface area contributed by atoms with Crippen LogP contribution in [0.15, 0.2) is 54.6 Å². The van der Waals surface area contributed by atoms with Gasteiger partial charge < -0.3 is 19.5 Å². The highest BCUT2D eigenvalue weighted by Crippen LogP contribution is 2.60. The molecule has 2 aromatic carbocycles. The Hall–Kier alpha value is -3.11. The summed E-state index contributed by atoms with van der Waals surface area (Å²) < 4.78 is 32.2. The molecule has 1 saturated carbocycles. The summed E-state index contributed by atoms with van der Waals surface area (Å²) in [7, 11) is 0. The highest BCUT2D eigenvalue weighted by Gasteiger charge is 2.69. The van der Waals surface area contributed by atoms with E-state index in [0.29, 0.717) is 22.8 Å². The number of carbonyl (C=O) groups excluding carboxylic acids is 2. The highest BCUT2D eigenvalue weighted by atomic mass is 19.1. The largest absolute Gasteiger partial charge is 0.484 e. The smallest absolute Gasteiger partial charge is 0.259 e. The van der Waals surface area contributed by atoms with E-state index in [4.69, 9.17) is 24.0 Å². The van der Waals surface area contributed by atoms with E-state index in [1.807, 2.05) is 6.92 Å². The Bertz CT molecular complexity index is 1330. The van der Waals surface area contributed by atoms with Crippen molar-refractivity contribution < 1.29 is 38.0 Å². The summed E-state index contributed by atoms with van der Waals surface area (Å²) in [5.74, 6) is -0.630. The van der Waals surface area contributed by atoms with E-state index in [2.05, 4.69) is 19.2 Å². The first kappa shape index (κ1) is 28.0. The minimum atomic E-state index is -0.878. The molecule has 1 amide bonds. The van der Waals surface area contributed by atoms with Crippen molar-refractivity contribution in [2.24, 2.45) is 23.7 Å². The number of ketones is 1. The molecule has 0 unspecified atom stereocenters. The maximum atomic E-state index is 13.8. The van der Waals surface area contributed by atoms with Crippen LogP contribution in [-0.2, 0) is 24.0 Å². The summed E-state index contributed by atoms with van der Waals surface area (Å²) in [6.07, 6.45) is 5.25. The van der Waals surface area contributed by atoms with Crippen molar-refractivity contribution in [3.63, 3.8) is 0 Å². The minimum Gasteiger partial charge on any atom is -0.484 e. The Balaban J connectivity index is 1.06. The maximum Gasteiger partial charge on any atom is 0.259 e. The summed E-state index contributed by atoms with van der Waals surface area (Å²) in [5, 5.41) is 2.99. The van der Waals surface area contributed by atoms with Crippen molar-refractivity contribution in [3.05, 3.63) is 71.6 Å². The normalized spacial score (nSPS) is 35.9. The third-order valence-corrected chi connectivity index (χ3v) is 9.29. The lowest BCUT2D eigenvalue weighted by Gasteiger charge is -2.60. The van der Waals surface area contributed by atoms with Crippen LogP contribution in [0.5, 0.6) is 5.75 Å². The van der Waals surface area contributed by atoms with Crippen LogP contribution in [0.25, 0.3) is 6.08 Å². The molecule has 218 valence electrons. The predicted octanol–water partition coefficient (Wildman–Crippen LogP) is 5.42. The van der Waals surface area contributed by atoms with Crippen molar-refractivity contribution in [2.75, 3.05) is 6.61 Å². The van der Waals surface area contributed by atoms with Gasteiger partial charge in [0.25, 0.3) is 5.91 Å². The van der Waals surface area contributed by atoms with E-state index in [1.54, 1.807) is 42.5 Å². The van der Waals surface area contributed by atoms with E-state index >= 15 is 0 Å². The molecule has 4 saturated heterocycles. The van der Waals surface area contributed by atoms with Gasteiger partial charge in [0, 0.05) is 29.4 Å². The molecule has 8 atom stereocenters. The molecule has 2 bridgehead atoms. The van der Waals surface area contributed by atoms with E-state index < -0.39 is 29.7 Å². The van der Waals surface area contributed by atoms with Crippen LogP contribution in [-0.4, -0.2) is 42.2 Å². The molecule has 1 aliphatic carbocycles. The van der Waals surface area contributed by atoms with Gasteiger partial charge in [-0.2, -0.15) is 0 Å². The first-order valence-corrected chi connectivity index (χ1v) is 14.4. The Morgan fingerprint density at radius 3 is 2.61 bits per heavy atom. The van der Waals surface area contributed by atoms with Gasteiger partial charge in [0.2, 0.25) is 5.79 Å². The summed E-state index contributed by atoms with van der Waals surface area (Å²) >= 11 is 0. The average Bonchev–Trinajstić information content (AvgIpc) is 3.20. The van der Waals surface area contributed by atoms with Crippen molar-refractivity contribution in [1.82, 2.24) is 5.32 Å². The molecule has 5 fully saturated rings. The molecule has 0 aromatic heterocycles. The number of amides is 1. The van der Waals surface area contributed by atoms with E-state index in [0.717, 1.165) is 25.7 Å². The van der Waals surface area contributed by atoms with Gasteiger partial charge in [-0.3, -0.25) is 9.59 Å². The standard InChI is InChI=1S/C32H36FNO7/c1-19-8-14-25-20(2)29(38-30-32(25)24(19)16-17-31(3,39-30)40-41-32)34-28(36)18-37-23-12-9-22(10-13-23)27(35)15-11-21-6-4-5-7-26(21)33/h4-7,9-13,15,19-20,24-25,29-30H,8,14,16-18H2,1-3H3,(H,34,36)/b15-11+/t19-,20-,24+,25+,29-,30-,31-,32-/m1/s1. The number of benzene rings is 2. The van der Waals surface area contributed by atoms with Crippen LogP contribution in [0.1, 0.15) is 62.4 Å². The molecule has 9 heteroatoms. The zero-order chi connectivity index (χ0) is 28.8. The molecule has 1 spiro atoms. The first-order valence-electron chi connectivity index (χ1n) is 14.4. The number of carbonyl (C=O) groups is 2. The lowest BCUT2D eigenvalue weighted by molar-refractivity contribution is -0.571. The quantitative estimate of drug-likeness (QED) is 0.272. The number of rotatable bonds is 7. The monoisotopic (exact) mass is 565 g/mol. The van der Waals surface area contributed by atoms with Crippen LogP contribution in [0.3, 0.4) is 0 Å². The third-order valence-electron chi connectivity index (χ3n) is 9.29. The van der Waals surface area contributed by atoms with Crippen molar-refractivity contribution in [1.29, 1.82) is 0 Å². The average molecular weight is 566 g/mol. The lowest BCUT2D eigenvalue weighted by atomic mass is 9.58. The van der Waals surface area contributed by atoms with E-state index in [-0.39, 0.29) is 36.1 Å². The molecule has 5 aliphatic rings. The van der Waals surface area contributed by atoms with Crippen LogP contribution in [0.4, 0.5) is 4.39 Å². The number of fused-ring (bicyclic) bond motifs is 2. The Kier molecular flexibility index (Phi) is 7.48. The molecule has 4 aliphatic heterocycles. The zero-order valence-corrected chi connectivity index (χ0v) is 23.5. The van der Waals surface area contributed by atoms with Crippen molar-refractivity contribution in [3.8, 4) is 5.75 Å². The van der Waals surface area contributed by atoms with E-state index in [1.165, 1.54) is 18.2 Å². The van der Waals surface area contributed by atoms with Gasteiger partial charge in [-0.1, -0.05) is 32.0 Å². The number of hydrogen-bond acceptors (Lipinski definition) is 7. The lowest BCUT2D eigenvalue weighted by Crippen LogP contribution is -2.72. The highest BCUT2D eigenvalue weighted by molar-refractivity contribution is 6.06. The fourth-order valence-corrected chi connectivity index (χ4v) is 7.01. The SMILES string of the molecule is C[C@H]1[C@H](NC(=O)COc2ccc(C(=O)/C=C/c3ccccc3F)cc2)O[C@@H]2O[C@@]3(C)CC[C@H]4[C@H](C)CC[C@@H]1[C@@]24OO3. The topological polar surface area (TPSA) is 92.3 Å². The Labute approximate surface area is 239 Å². The van der Waals surface area contributed by atoms with Gasteiger partial charge in [0.1, 0.15) is 17.8 Å². The number of nitrogens with one attached hydrogen (secondary N) is 1. The fourth-order valence-electron chi connectivity index (χ4n) is 7.01. The van der Waals surface area contributed by atoms with Crippen LogP contribution in [0, 0.1) is 29.5 Å². The summed E-state index contributed by atoms with van der Waals surface area (Å²) in [6, 6.07) is 12.7. The number of ether oxygens (including phenoxy) is 3. The summed E-state index contributed by atoms with van der Waals surface area (Å²) in [5.41, 5.74) is 0.0729. The number of halogens is 1. The maximum absolute atomic E-state index is 13.8. The first-order chi connectivity index (χ1) is 19.7. The van der Waals surface area contributed by atoms with Gasteiger partial charge >= 0.3 is 0 Å². The fraction of sp³-hybridized carbons (Fsp3) is 0.500. The van der Waals surface area contributed by atoms with Crippen molar-refractivity contribution in [2.45, 2.75) is 70.4 Å². The van der Waals surface area contributed by atoms with Gasteiger partial charge in [-0.25, -0.2) is 14.2 Å². The Morgan fingerprint density at radius 2 is 1.83 bits per heavy atom. The molecule has 1 N–H and O–H groups in total. The van der Waals surface area contributed by atoms with E-state index in [9.17, 15) is 14.0 Å². The molecule has 41 heavy (non-hydrogen) atoms. The zero-order valence-electron chi connectivity index (χ0n) is 23.5. The number of allylic oxidation sites excluding steroid dienone is 1. The van der Waals surface area contributed by atoms with Gasteiger partial charge in [-0.15, -0.1) is 0 Å². The molecule has 4 heterocycles. The molecule has 8 nitrogen and oxygen atoms in total. The van der Waals surface area contributed by atoms with Crippen LogP contribution in [0.2, 0.25) is 0 Å². The molecule has 7 rings (SSSR count). The number of hydrogen-bond donors (Lipinski definition) is 1. The second-order valence-electron chi connectivity index (χ2n) is 11.9. The summed E-state index contributed by atoms with van der Waals surface area (Å²) in [4.78, 5) is 37.4. The molecular weight excluding hydrogens is 529 g/mol. The second-order valence-corrected chi connectivity index (χ2v) is 11.9. The van der Waals surface area contributed by atoms with Gasteiger partial charge in [0.05, 0.1) is 0 Å². The predicted molar refractivity (Wildman–Crippen MR) is 147 cm³/mol. The van der Waals surface area contributed by atoms with Crippen molar-refractivity contribution >= 4 is 17.8 Å². The van der Waals surface area contributed by atoms with Crippen LogP contribution < -0.4 is 10.1 Å². The third kappa shape index (κ3) is 5.20. The van der Waals surface area contributed by atoms with Gasteiger partial charge in [0.15, 0.2) is 24.3 Å².